The molecule has 0 saturated carbocycles. The van der Waals surface area contributed by atoms with E-state index in [2.05, 4.69) is 32.9 Å². The van der Waals surface area contributed by atoms with Gasteiger partial charge in [0.1, 0.15) is 0 Å². The fourth-order valence-corrected chi connectivity index (χ4v) is 2.27. The first-order valence-corrected chi connectivity index (χ1v) is 5.64. The van der Waals surface area contributed by atoms with Gasteiger partial charge in [-0.05, 0) is 40.8 Å². The number of nitrogens with zero attached hydrogens (tertiary/aromatic N) is 3. The molecule has 1 aromatic carbocycles. The minimum absolute atomic E-state index is 0.0919. The number of hydrogen-bond acceptors (Lipinski definition) is 3. The summed E-state index contributed by atoms with van der Waals surface area (Å²) < 4.78 is 2.27. The van der Waals surface area contributed by atoms with E-state index in [1.165, 1.54) is 10.9 Å². The Morgan fingerprint density at radius 3 is 2.81 bits per heavy atom. The molecule has 0 fully saturated rings. The molecule has 16 heavy (non-hydrogen) atoms. The van der Waals surface area contributed by atoms with Crippen molar-refractivity contribution in [2.45, 2.75) is 0 Å². The Hall–Kier alpha value is -1.15. The molecular weight excluding hydrogens is 344 g/mol. The summed E-state index contributed by atoms with van der Waals surface area (Å²) in [5.41, 5.74) is 0.649. The van der Waals surface area contributed by atoms with Gasteiger partial charge in [0.05, 0.1) is 11.9 Å². The molecule has 0 saturated heterocycles. The molecule has 0 spiro atoms. The largest absolute Gasteiger partial charge is 0.476 e. The molecule has 0 amide bonds. The number of halogens is 2. The highest BCUT2D eigenvalue weighted by molar-refractivity contribution is 14.1. The molecule has 0 unspecified atom stereocenters. The Balaban J connectivity index is 2.46. The van der Waals surface area contributed by atoms with E-state index in [0.717, 1.165) is 9.26 Å². The van der Waals surface area contributed by atoms with Crippen molar-refractivity contribution in [3.8, 4) is 5.69 Å². The average Bonchev–Trinajstić information content (AvgIpc) is 2.66. The second kappa shape index (κ2) is 4.38. The minimum Gasteiger partial charge on any atom is -0.476 e. The van der Waals surface area contributed by atoms with Gasteiger partial charge in [0.15, 0.2) is 5.69 Å². The second-order valence-electron chi connectivity index (χ2n) is 2.95. The summed E-state index contributed by atoms with van der Waals surface area (Å²) in [4.78, 5) is 10.6. The lowest BCUT2D eigenvalue weighted by Crippen LogP contribution is -1.98. The van der Waals surface area contributed by atoms with Gasteiger partial charge in [0.2, 0.25) is 0 Å². The Labute approximate surface area is 109 Å². The molecule has 5 nitrogen and oxygen atoms in total. The van der Waals surface area contributed by atoms with Crippen molar-refractivity contribution in [1.82, 2.24) is 15.0 Å². The molecule has 2 aromatic rings. The van der Waals surface area contributed by atoms with Crippen LogP contribution in [0.5, 0.6) is 0 Å². The predicted molar refractivity (Wildman–Crippen MR) is 66.0 cm³/mol. The van der Waals surface area contributed by atoms with Gasteiger partial charge in [-0.15, -0.1) is 5.10 Å². The molecule has 0 aliphatic rings. The van der Waals surface area contributed by atoms with Crippen LogP contribution in [0.4, 0.5) is 0 Å². The maximum absolute atomic E-state index is 10.6. The molecule has 0 atom stereocenters. The smallest absolute Gasteiger partial charge is 0.358 e. The van der Waals surface area contributed by atoms with E-state index in [0.29, 0.717) is 5.02 Å². The highest BCUT2D eigenvalue weighted by Crippen LogP contribution is 2.20. The van der Waals surface area contributed by atoms with Crippen molar-refractivity contribution in [2.24, 2.45) is 0 Å². The zero-order valence-corrected chi connectivity index (χ0v) is 10.7. The number of benzene rings is 1. The van der Waals surface area contributed by atoms with Gasteiger partial charge in [0, 0.05) is 8.59 Å². The molecular formula is C9H5ClIN3O2. The standard InChI is InChI=1S/C9H5ClIN3O2/c10-5-1-2-8(6(11)3-5)14-4-7(9(15)16)12-13-14/h1-4H,(H,15,16). The lowest BCUT2D eigenvalue weighted by Gasteiger charge is -2.02. The van der Waals surface area contributed by atoms with Crippen molar-refractivity contribution >= 4 is 40.2 Å². The number of aromatic carboxylic acids is 1. The number of carboxylic acid groups (broad SMARTS) is 1. The lowest BCUT2D eigenvalue weighted by molar-refractivity contribution is 0.0690. The molecule has 0 radical (unpaired) electrons. The van der Waals surface area contributed by atoms with Crippen LogP contribution in [-0.4, -0.2) is 26.1 Å². The van der Waals surface area contributed by atoms with Crippen LogP contribution in [0, 0.1) is 3.57 Å². The van der Waals surface area contributed by atoms with Crippen molar-refractivity contribution in [1.29, 1.82) is 0 Å². The summed E-state index contributed by atoms with van der Waals surface area (Å²) >= 11 is 7.91. The Morgan fingerprint density at radius 1 is 1.50 bits per heavy atom. The van der Waals surface area contributed by atoms with E-state index in [4.69, 9.17) is 16.7 Å². The van der Waals surface area contributed by atoms with Crippen molar-refractivity contribution < 1.29 is 9.90 Å². The van der Waals surface area contributed by atoms with Crippen LogP contribution in [0.2, 0.25) is 5.02 Å². The SMILES string of the molecule is O=C(O)c1cn(-c2ccc(Cl)cc2I)nn1. The summed E-state index contributed by atoms with van der Waals surface area (Å²) in [5.74, 6) is -1.10. The van der Waals surface area contributed by atoms with E-state index in [9.17, 15) is 4.79 Å². The van der Waals surface area contributed by atoms with Crippen molar-refractivity contribution in [2.75, 3.05) is 0 Å². The number of carbonyl (C=O) groups is 1. The second-order valence-corrected chi connectivity index (χ2v) is 4.55. The molecule has 82 valence electrons. The monoisotopic (exact) mass is 349 g/mol. The topological polar surface area (TPSA) is 68.0 Å². The number of rotatable bonds is 2. The zero-order chi connectivity index (χ0) is 11.7. The third-order valence-corrected chi connectivity index (χ3v) is 2.97. The van der Waals surface area contributed by atoms with Crippen LogP contribution in [0.15, 0.2) is 24.4 Å². The van der Waals surface area contributed by atoms with Gasteiger partial charge in [-0.1, -0.05) is 16.8 Å². The fraction of sp³-hybridized carbons (Fsp3) is 0. The molecule has 1 heterocycles. The van der Waals surface area contributed by atoms with Gasteiger partial charge < -0.3 is 5.11 Å². The van der Waals surface area contributed by atoms with E-state index in [-0.39, 0.29) is 5.69 Å². The molecule has 0 aliphatic carbocycles. The van der Waals surface area contributed by atoms with Crippen molar-refractivity contribution in [3.63, 3.8) is 0 Å². The summed E-state index contributed by atoms with van der Waals surface area (Å²) in [6, 6.07) is 5.23. The molecule has 2 rings (SSSR count). The Morgan fingerprint density at radius 2 is 2.25 bits per heavy atom. The maximum atomic E-state index is 10.6. The van der Waals surface area contributed by atoms with Crippen LogP contribution in [0.25, 0.3) is 5.69 Å². The van der Waals surface area contributed by atoms with Crippen LogP contribution in [0.1, 0.15) is 10.5 Å². The first-order valence-electron chi connectivity index (χ1n) is 4.19. The molecule has 1 N–H and O–H groups in total. The number of carboxylic acids is 1. The van der Waals surface area contributed by atoms with Crippen LogP contribution >= 0.6 is 34.2 Å². The third kappa shape index (κ3) is 2.17. The normalized spacial score (nSPS) is 10.4. The van der Waals surface area contributed by atoms with E-state index in [1.54, 1.807) is 18.2 Å². The predicted octanol–water partition coefficient (Wildman–Crippen LogP) is 2.22. The first kappa shape index (κ1) is 11.3. The maximum Gasteiger partial charge on any atom is 0.358 e. The van der Waals surface area contributed by atoms with Gasteiger partial charge >= 0.3 is 5.97 Å². The van der Waals surface area contributed by atoms with Gasteiger partial charge in [-0.25, -0.2) is 9.48 Å². The molecule has 1 aromatic heterocycles. The van der Waals surface area contributed by atoms with Gasteiger partial charge in [-0.2, -0.15) is 0 Å². The van der Waals surface area contributed by atoms with Crippen LogP contribution in [0.3, 0.4) is 0 Å². The first-order chi connectivity index (χ1) is 7.58. The van der Waals surface area contributed by atoms with E-state index in [1.807, 2.05) is 0 Å². The van der Waals surface area contributed by atoms with Crippen LogP contribution in [-0.2, 0) is 0 Å². The molecule has 0 bridgehead atoms. The zero-order valence-electron chi connectivity index (χ0n) is 7.76. The third-order valence-electron chi connectivity index (χ3n) is 1.87. The lowest BCUT2D eigenvalue weighted by atomic mass is 10.3. The van der Waals surface area contributed by atoms with Gasteiger partial charge in [-0.3, -0.25) is 0 Å². The summed E-state index contributed by atoms with van der Waals surface area (Å²) in [6.45, 7) is 0. The summed E-state index contributed by atoms with van der Waals surface area (Å²) in [7, 11) is 0. The number of hydrogen-bond donors (Lipinski definition) is 1. The van der Waals surface area contributed by atoms with E-state index < -0.39 is 5.97 Å². The summed E-state index contributed by atoms with van der Waals surface area (Å²) in [6.07, 6.45) is 1.35. The quantitative estimate of drug-likeness (QED) is 0.844. The summed E-state index contributed by atoms with van der Waals surface area (Å²) in [5, 5.41) is 16.6. The fourth-order valence-electron chi connectivity index (χ4n) is 1.15. The minimum atomic E-state index is -1.10. The van der Waals surface area contributed by atoms with E-state index >= 15 is 0 Å². The molecule has 0 aliphatic heterocycles. The highest BCUT2D eigenvalue weighted by Gasteiger charge is 2.11. The highest BCUT2D eigenvalue weighted by atomic mass is 127. The average molecular weight is 350 g/mol. The van der Waals surface area contributed by atoms with Gasteiger partial charge in [0.25, 0.3) is 0 Å². The Bertz CT molecular complexity index is 555. The Kier molecular flexibility index (Phi) is 3.10. The molecule has 7 heteroatoms. The van der Waals surface area contributed by atoms with Crippen molar-refractivity contribution in [3.05, 3.63) is 38.7 Å². The number of aromatic nitrogens is 3. The van der Waals surface area contributed by atoms with Crippen LogP contribution < -0.4 is 0 Å².